The van der Waals surface area contributed by atoms with Gasteiger partial charge in [0.05, 0.1) is 18.7 Å². The number of benzene rings is 1. The summed E-state index contributed by atoms with van der Waals surface area (Å²) < 4.78 is 4.67. The molecule has 6 heteroatoms. The smallest absolute Gasteiger partial charge is 0.337 e. The molecule has 1 amide bonds. The van der Waals surface area contributed by atoms with Crippen LogP contribution in [0.1, 0.15) is 44.5 Å². The highest BCUT2D eigenvalue weighted by Gasteiger charge is 2.24. The van der Waals surface area contributed by atoms with Gasteiger partial charge >= 0.3 is 5.97 Å². The van der Waals surface area contributed by atoms with Crippen LogP contribution in [0.15, 0.2) is 41.8 Å². The van der Waals surface area contributed by atoms with Gasteiger partial charge in [0.1, 0.15) is 0 Å². The Kier molecular flexibility index (Phi) is 5.83. The summed E-state index contributed by atoms with van der Waals surface area (Å²) in [6.07, 6.45) is 2.43. The molecular formula is C19H22N2O3S. The van der Waals surface area contributed by atoms with Crippen molar-refractivity contribution in [3.05, 3.63) is 57.8 Å². The lowest BCUT2D eigenvalue weighted by Gasteiger charge is -2.26. The van der Waals surface area contributed by atoms with Crippen molar-refractivity contribution in [2.24, 2.45) is 0 Å². The van der Waals surface area contributed by atoms with Gasteiger partial charge in [0, 0.05) is 17.0 Å². The van der Waals surface area contributed by atoms with Crippen LogP contribution in [0.4, 0.5) is 0 Å². The van der Waals surface area contributed by atoms with Crippen LogP contribution in [0.2, 0.25) is 0 Å². The molecule has 1 atom stereocenters. The topological polar surface area (TPSA) is 58.6 Å². The van der Waals surface area contributed by atoms with Gasteiger partial charge in [-0.15, -0.1) is 11.3 Å². The Hall–Kier alpha value is -2.18. The molecule has 1 unspecified atom stereocenters. The minimum absolute atomic E-state index is 0.128. The van der Waals surface area contributed by atoms with Crippen LogP contribution in [0.3, 0.4) is 0 Å². The lowest BCUT2D eigenvalue weighted by Crippen LogP contribution is -2.36. The Bertz CT molecular complexity index is 707. The van der Waals surface area contributed by atoms with Gasteiger partial charge in [0.25, 0.3) is 5.91 Å². The molecule has 0 aliphatic carbocycles. The molecule has 5 nitrogen and oxygen atoms in total. The number of nitrogens with zero attached hydrogens (tertiary/aromatic N) is 1. The number of ether oxygens (including phenoxy) is 1. The third-order valence-electron chi connectivity index (χ3n) is 4.48. The van der Waals surface area contributed by atoms with Crippen LogP contribution in [0.5, 0.6) is 0 Å². The number of esters is 1. The molecule has 1 saturated heterocycles. The van der Waals surface area contributed by atoms with Crippen LogP contribution in [0.25, 0.3) is 0 Å². The second-order valence-corrected chi connectivity index (χ2v) is 7.03. The Morgan fingerprint density at radius 3 is 2.44 bits per heavy atom. The molecule has 132 valence electrons. The molecule has 1 aromatic heterocycles. The van der Waals surface area contributed by atoms with Crippen LogP contribution >= 0.6 is 11.3 Å². The lowest BCUT2D eigenvalue weighted by atomic mass is 10.1. The van der Waals surface area contributed by atoms with Crippen molar-refractivity contribution in [1.82, 2.24) is 10.2 Å². The van der Waals surface area contributed by atoms with Gasteiger partial charge in [-0.3, -0.25) is 9.69 Å². The first-order valence-corrected chi connectivity index (χ1v) is 9.31. The Morgan fingerprint density at radius 1 is 1.16 bits per heavy atom. The van der Waals surface area contributed by atoms with E-state index in [9.17, 15) is 9.59 Å². The minimum Gasteiger partial charge on any atom is -0.465 e. The van der Waals surface area contributed by atoms with Crippen molar-refractivity contribution in [1.29, 1.82) is 0 Å². The van der Waals surface area contributed by atoms with E-state index in [2.05, 4.69) is 32.5 Å². The Balaban J connectivity index is 1.64. The van der Waals surface area contributed by atoms with Gasteiger partial charge in [0.2, 0.25) is 0 Å². The fraction of sp³-hybridized carbons (Fsp3) is 0.368. The fourth-order valence-electron chi connectivity index (χ4n) is 3.11. The number of hydrogen-bond acceptors (Lipinski definition) is 5. The van der Waals surface area contributed by atoms with E-state index in [-0.39, 0.29) is 11.9 Å². The summed E-state index contributed by atoms with van der Waals surface area (Å²) in [6, 6.07) is 10.9. The molecule has 2 aromatic rings. The summed E-state index contributed by atoms with van der Waals surface area (Å²) in [5, 5.41) is 5.11. The minimum atomic E-state index is -0.404. The number of methoxy groups -OCH3 is 1. The largest absolute Gasteiger partial charge is 0.465 e. The molecule has 1 N–H and O–H groups in total. The van der Waals surface area contributed by atoms with E-state index in [1.54, 1.807) is 35.6 Å². The maximum absolute atomic E-state index is 12.4. The maximum Gasteiger partial charge on any atom is 0.337 e. The molecule has 0 radical (unpaired) electrons. The summed E-state index contributed by atoms with van der Waals surface area (Å²) in [7, 11) is 1.34. The standard InChI is InChI=1S/C19H22N2O3S/c1-24-19(23)15-8-6-14(7-9-15)18(22)20-13-16(17-5-4-12-25-17)21-10-2-3-11-21/h4-9,12,16H,2-3,10-11,13H2,1H3,(H,20,22). The quantitative estimate of drug-likeness (QED) is 0.806. The lowest BCUT2D eigenvalue weighted by molar-refractivity contribution is 0.0600. The van der Waals surface area contributed by atoms with E-state index >= 15 is 0 Å². The molecule has 0 saturated carbocycles. The van der Waals surface area contributed by atoms with Gasteiger partial charge in [-0.05, 0) is 61.6 Å². The zero-order valence-corrected chi connectivity index (χ0v) is 15.1. The molecule has 1 aliphatic rings. The zero-order chi connectivity index (χ0) is 17.6. The molecule has 1 aliphatic heterocycles. The predicted molar refractivity (Wildman–Crippen MR) is 98.0 cm³/mol. The second kappa shape index (κ2) is 8.27. The summed E-state index contributed by atoms with van der Waals surface area (Å²) in [5.41, 5.74) is 0.978. The highest BCUT2D eigenvalue weighted by molar-refractivity contribution is 7.10. The van der Waals surface area contributed by atoms with Crippen molar-refractivity contribution < 1.29 is 14.3 Å². The number of carbonyl (C=O) groups excluding carboxylic acids is 2. The fourth-order valence-corrected chi connectivity index (χ4v) is 3.97. The summed E-state index contributed by atoms with van der Waals surface area (Å²) in [6.45, 7) is 2.73. The number of thiophene rings is 1. The normalized spacial score (nSPS) is 15.7. The van der Waals surface area contributed by atoms with E-state index < -0.39 is 5.97 Å². The average Bonchev–Trinajstić information content (AvgIpc) is 3.35. The molecule has 2 heterocycles. The average molecular weight is 358 g/mol. The van der Waals surface area contributed by atoms with E-state index in [1.165, 1.54) is 24.8 Å². The van der Waals surface area contributed by atoms with Crippen LogP contribution in [-0.2, 0) is 4.74 Å². The first-order valence-electron chi connectivity index (χ1n) is 8.43. The number of nitrogens with one attached hydrogen (secondary N) is 1. The SMILES string of the molecule is COC(=O)c1ccc(C(=O)NCC(c2cccs2)N2CCCC2)cc1. The number of likely N-dealkylation sites (tertiary alicyclic amines) is 1. The highest BCUT2D eigenvalue weighted by atomic mass is 32.1. The predicted octanol–water partition coefficient (Wildman–Crippen LogP) is 3.10. The van der Waals surface area contributed by atoms with Crippen molar-refractivity contribution in [2.75, 3.05) is 26.7 Å². The first-order chi connectivity index (χ1) is 12.2. The van der Waals surface area contributed by atoms with Crippen molar-refractivity contribution in [3.8, 4) is 0 Å². The van der Waals surface area contributed by atoms with Crippen LogP contribution < -0.4 is 5.32 Å². The van der Waals surface area contributed by atoms with Crippen molar-refractivity contribution >= 4 is 23.2 Å². The van der Waals surface area contributed by atoms with Gasteiger partial charge in [-0.2, -0.15) is 0 Å². The van der Waals surface area contributed by atoms with E-state index in [0.29, 0.717) is 17.7 Å². The van der Waals surface area contributed by atoms with Gasteiger partial charge in [-0.25, -0.2) is 4.79 Å². The van der Waals surface area contributed by atoms with Crippen LogP contribution in [-0.4, -0.2) is 43.5 Å². The Labute approximate surface area is 151 Å². The first kappa shape index (κ1) is 17.6. The second-order valence-electron chi connectivity index (χ2n) is 6.05. The van der Waals surface area contributed by atoms with Crippen LogP contribution in [0, 0.1) is 0 Å². The number of carbonyl (C=O) groups is 2. The monoisotopic (exact) mass is 358 g/mol. The van der Waals surface area contributed by atoms with E-state index in [4.69, 9.17) is 0 Å². The number of rotatable bonds is 6. The molecule has 25 heavy (non-hydrogen) atoms. The van der Waals surface area contributed by atoms with Gasteiger partial charge < -0.3 is 10.1 Å². The third kappa shape index (κ3) is 4.27. The summed E-state index contributed by atoms with van der Waals surface area (Å²) in [4.78, 5) is 27.6. The van der Waals surface area contributed by atoms with E-state index in [0.717, 1.165) is 13.1 Å². The molecular weight excluding hydrogens is 336 g/mol. The molecule has 3 rings (SSSR count). The third-order valence-corrected chi connectivity index (χ3v) is 5.45. The van der Waals surface area contributed by atoms with Gasteiger partial charge in [-0.1, -0.05) is 6.07 Å². The maximum atomic E-state index is 12.4. The van der Waals surface area contributed by atoms with E-state index in [1.807, 2.05) is 0 Å². The highest BCUT2D eigenvalue weighted by Crippen LogP contribution is 2.27. The molecule has 1 fully saturated rings. The summed E-state index contributed by atoms with van der Waals surface area (Å²) >= 11 is 1.73. The summed E-state index contributed by atoms with van der Waals surface area (Å²) in [5.74, 6) is -0.532. The zero-order valence-electron chi connectivity index (χ0n) is 14.2. The number of amides is 1. The van der Waals surface area contributed by atoms with Gasteiger partial charge in [0.15, 0.2) is 0 Å². The molecule has 0 spiro atoms. The molecule has 0 bridgehead atoms. The van der Waals surface area contributed by atoms with Crippen molar-refractivity contribution in [2.45, 2.75) is 18.9 Å². The Morgan fingerprint density at radius 2 is 1.84 bits per heavy atom. The van der Waals surface area contributed by atoms with Crippen molar-refractivity contribution in [3.63, 3.8) is 0 Å². The molecule has 1 aromatic carbocycles. The number of hydrogen-bond donors (Lipinski definition) is 1.